The number of para-hydroxylation sites is 1. The zero-order chi connectivity index (χ0) is 16.7. The molecule has 0 bridgehead atoms. The molecule has 3 rings (SSSR count). The second kappa shape index (κ2) is 6.02. The fourth-order valence-electron chi connectivity index (χ4n) is 3.18. The van der Waals surface area contributed by atoms with Gasteiger partial charge < -0.3 is 19.2 Å². The van der Waals surface area contributed by atoms with Crippen LogP contribution >= 0.6 is 0 Å². The van der Waals surface area contributed by atoms with Crippen molar-refractivity contribution in [3.8, 4) is 11.5 Å². The molecule has 1 saturated heterocycles. The van der Waals surface area contributed by atoms with Gasteiger partial charge in [-0.2, -0.15) is 0 Å². The van der Waals surface area contributed by atoms with Crippen molar-refractivity contribution < 1.29 is 19.2 Å². The van der Waals surface area contributed by atoms with Crippen LogP contribution in [0.2, 0.25) is 0 Å². The van der Waals surface area contributed by atoms with Gasteiger partial charge in [-0.05, 0) is 59.4 Å². The molecule has 0 atom stereocenters. The topological polar surface area (TPSA) is 47.9 Å². The van der Waals surface area contributed by atoms with Crippen molar-refractivity contribution in [3.05, 3.63) is 18.2 Å². The summed E-state index contributed by atoms with van der Waals surface area (Å²) in [5, 5.41) is 10.3. The predicted molar refractivity (Wildman–Crippen MR) is 91.3 cm³/mol. The number of rotatable bonds is 3. The van der Waals surface area contributed by atoms with Crippen LogP contribution < -0.4 is 10.2 Å². The number of phenols is 1. The predicted octanol–water partition coefficient (Wildman–Crippen LogP) is 3.40. The molecule has 0 unspecified atom stereocenters. The number of hydrogen-bond donors (Lipinski definition) is 1. The number of ether oxygens (including phenoxy) is 1. The lowest BCUT2D eigenvalue weighted by Crippen LogP contribution is -2.41. The second-order valence-electron chi connectivity index (χ2n) is 7.66. The first-order valence-corrected chi connectivity index (χ1v) is 8.64. The van der Waals surface area contributed by atoms with Crippen molar-refractivity contribution in [2.24, 2.45) is 0 Å². The quantitative estimate of drug-likeness (QED) is 0.868. The molecule has 4 nitrogen and oxygen atoms in total. The fourth-order valence-corrected chi connectivity index (χ4v) is 3.18. The van der Waals surface area contributed by atoms with Crippen LogP contribution in [0.25, 0.3) is 0 Å². The molecule has 1 heterocycles. The number of benzene rings is 1. The fraction of sp³-hybridized carbons (Fsp3) is 0.667. The van der Waals surface area contributed by atoms with Crippen molar-refractivity contribution >= 4 is 12.6 Å². The Balaban J connectivity index is 1.86. The summed E-state index contributed by atoms with van der Waals surface area (Å²) in [7, 11) is -0.523. The summed E-state index contributed by atoms with van der Waals surface area (Å²) >= 11 is 0. The number of hydrogen-bond acceptors (Lipinski definition) is 4. The highest BCUT2D eigenvalue weighted by Gasteiger charge is 2.52. The highest BCUT2D eigenvalue weighted by molar-refractivity contribution is 6.63. The second-order valence-corrected chi connectivity index (χ2v) is 7.66. The van der Waals surface area contributed by atoms with Crippen LogP contribution in [0.15, 0.2) is 18.2 Å². The van der Waals surface area contributed by atoms with Crippen LogP contribution in [0.5, 0.6) is 11.5 Å². The van der Waals surface area contributed by atoms with Gasteiger partial charge in [0.2, 0.25) is 0 Å². The maximum atomic E-state index is 10.3. The zero-order valence-corrected chi connectivity index (χ0v) is 14.6. The monoisotopic (exact) mass is 318 g/mol. The van der Waals surface area contributed by atoms with Gasteiger partial charge in [0.05, 0.1) is 17.3 Å². The first-order chi connectivity index (χ1) is 10.8. The normalized spacial score (nSPS) is 23.9. The third kappa shape index (κ3) is 3.22. The summed E-state index contributed by atoms with van der Waals surface area (Å²) in [5.74, 6) is 0.667. The molecule has 126 valence electrons. The molecule has 2 aliphatic rings. The minimum Gasteiger partial charge on any atom is -0.504 e. The lowest BCUT2D eigenvalue weighted by molar-refractivity contribution is 0.00578. The summed E-state index contributed by atoms with van der Waals surface area (Å²) < 4.78 is 18.4. The minimum absolute atomic E-state index is 0.155. The van der Waals surface area contributed by atoms with Gasteiger partial charge in [-0.3, -0.25) is 0 Å². The molecule has 0 aromatic heterocycles. The van der Waals surface area contributed by atoms with E-state index in [9.17, 15) is 5.11 Å². The molecule has 1 aliphatic carbocycles. The van der Waals surface area contributed by atoms with Crippen LogP contribution in [-0.2, 0) is 9.31 Å². The van der Waals surface area contributed by atoms with Gasteiger partial charge in [0, 0.05) is 5.46 Å². The molecule has 1 aliphatic heterocycles. The Bertz CT molecular complexity index is 548. The van der Waals surface area contributed by atoms with Crippen LogP contribution in [0, 0.1) is 0 Å². The molecular weight excluding hydrogens is 291 g/mol. The Morgan fingerprint density at radius 3 is 2.26 bits per heavy atom. The Hall–Kier alpha value is -1.20. The van der Waals surface area contributed by atoms with Crippen molar-refractivity contribution in [2.75, 3.05) is 0 Å². The molecule has 1 aromatic carbocycles. The van der Waals surface area contributed by atoms with E-state index in [1.165, 1.54) is 19.3 Å². The lowest BCUT2D eigenvalue weighted by atomic mass is 9.78. The van der Waals surface area contributed by atoms with Crippen molar-refractivity contribution in [1.82, 2.24) is 0 Å². The molecule has 1 N–H and O–H groups in total. The Morgan fingerprint density at radius 1 is 1.04 bits per heavy atom. The summed E-state index contributed by atoms with van der Waals surface area (Å²) in [6.45, 7) is 8.10. The van der Waals surface area contributed by atoms with Gasteiger partial charge in [0.1, 0.15) is 0 Å². The van der Waals surface area contributed by atoms with Gasteiger partial charge in [-0.25, -0.2) is 0 Å². The van der Waals surface area contributed by atoms with Gasteiger partial charge in [-0.1, -0.05) is 18.6 Å². The largest absolute Gasteiger partial charge is 0.504 e. The summed E-state index contributed by atoms with van der Waals surface area (Å²) in [4.78, 5) is 0. The Kier molecular flexibility index (Phi) is 4.36. The van der Waals surface area contributed by atoms with Gasteiger partial charge in [-0.15, -0.1) is 0 Å². The van der Waals surface area contributed by atoms with E-state index in [1.807, 2.05) is 39.8 Å². The van der Waals surface area contributed by atoms with Crippen molar-refractivity contribution in [2.45, 2.75) is 77.1 Å². The van der Waals surface area contributed by atoms with E-state index >= 15 is 0 Å². The number of phenolic OH excluding ortho intramolecular Hbond substituents is 1. The molecule has 1 saturated carbocycles. The summed E-state index contributed by atoms with van der Waals surface area (Å²) in [6.07, 6.45) is 5.88. The van der Waals surface area contributed by atoms with E-state index in [-0.39, 0.29) is 11.9 Å². The summed E-state index contributed by atoms with van der Waals surface area (Å²) in [5.41, 5.74) is -0.0505. The summed E-state index contributed by atoms with van der Waals surface area (Å²) in [6, 6.07) is 5.39. The van der Waals surface area contributed by atoms with Crippen LogP contribution in [0.4, 0.5) is 0 Å². The SMILES string of the molecule is CC1(C)OB(c2cccc(O)c2OC2CCCCC2)OC1(C)C. The smallest absolute Gasteiger partial charge is 0.498 e. The molecule has 0 amide bonds. The molecule has 2 fully saturated rings. The standard InChI is InChI=1S/C18H27BO4/c1-17(2)18(3,4)23-19(22-17)14-11-8-12-15(20)16(14)21-13-9-6-5-7-10-13/h8,11-13,20H,5-7,9-10H2,1-4H3. The van der Waals surface area contributed by atoms with Gasteiger partial charge in [0.25, 0.3) is 0 Å². The van der Waals surface area contributed by atoms with E-state index in [4.69, 9.17) is 14.0 Å². The molecule has 5 heteroatoms. The zero-order valence-electron chi connectivity index (χ0n) is 14.6. The third-order valence-corrected chi connectivity index (χ3v) is 5.37. The molecule has 23 heavy (non-hydrogen) atoms. The maximum Gasteiger partial charge on any atom is 0.498 e. The Labute approximate surface area is 139 Å². The first-order valence-electron chi connectivity index (χ1n) is 8.64. The van der Waals surface area contributed by atoms with Crippen molar-refractivity contribution in [3.63, 3.8) is 0 Å². The van der Waals surface area contributed by atoms with E-state index in [1.54, 1.807) is 6.07 Å². The van der Waals surface area contributed by atoms with E-state index in [0.29, 0.717) is 5.75 Å². The van der Waals surface area contributed by atoms with Crippen LogP contribution in [0.3, 0.4) is 0 Å². The first kappa shape index (κ1) is 16.7. The minimum atomic E-state index is -0.523. The molecular formula is C18H27BO4. The Morgan fingerprint density at radius 2 is 1.65 bits per heavy atom. The molecule has 0 radical (unpaired) electrons. The highest BCUT2D eigenvalue weighted by atomic mass is 16.7. The van der Waals surface area contributed by atoms with E-state index in [0.717, 1.165) is 18.3 Å². The van der Waals surface area contributed by atoms with Gasteiger partial charge in [0.15, 0.2) is 11.5 Å². The lowest BCUT2D eigenvalue weighted by Gasteiger charge is -2.32. The number of aromatic hydroxyl groups is 1. The third-order valence-electron chi connectivity index (χ3n) is 5.37. The maximum absolute atomic E-state index is 10.3. The highest BCUT2D eigenvalue weighted by Crippen LogP contribution is 2.38. The average molecular weight is 318 g/mol. The average Bonchev–Trinajstić information content (AvgIpc) is 2.70. The van der Waals surface area contributed by atoms with Crippen LogP contribution in [-0.4, -0.2) is 29.5 Å². The van der Waals surface area contributed by atoms with Gasteiger partial charge >= 0.3 is 7.12 Å². The van der Waals surface area contributed by atoms with E-state index in [2.05, 4.69) is 0 Å². The molecule has 1 aromatic rings. The van der Waals surface area contributed by atoms with E-state index < -0.39 is 18.3 Å². The van der Waals surface area contributed by atoms with Crippen LogP contribution in [0.1, 0.15) is 59.8 Å². The molecule has 0 spiro atoms. The van der Waals surface area contributed by atoms with Crippen molar-refractivity contribution in [1.29, 1.82) is 0 Å².